The lowest BCUT2D eigenvalue weighted by Gasteiger charge is -2.43. The molecule has 2 aliphatic heterocycles. The summed E-state index contributed by atoms with van der Waals surface area (Å²) in [6.45, 7) is -0.0363. The van der Waals surface area contributed by atoms with Gasteiger partial charge in [-0.05, 0) is 58.5 Å². The molecule has 0 saturated carbocycles. The quantitative estimate of drug-likeness (QED) is 0.366. The Labute approximate surface area is 207 Å². The van der Waals surface area contributed by atoms with Crippen molar-refractivity contribution in [3.63, 3.8) is 0 Å². The van der Waals surface area contributed by atoms with Crippen molar-refractivity contribution in [3.8, 4) is 33.6 Å². The van der Waals surface area contributed by atoms with Gasteiger partial charge in [0.15, 0.2) is 0 Å². The zero-order valence-corrected chi connectivity index (χ0v) is 19.1. The summed E-state index contributed by atoms with van der Waals surface area (Å²) in [5.74, 6) is 0. The van der Waals surface area contributed by atoms with Crippen molar-refractivity contribution < 1.29 is 0 Å². The molecule has 2 aromatic heterocycles. The Morgan fingerprint density at radius 2 is 0.917 bits per heavy atom. The number of hydrogen-bond acceptors (Lipinski definition) is 5. The maximum absolute atomic E-state index is 4.38. The predicted octanol–water partition coefficient (Wildman–Crippen LogP) is 3.75. The van der Waals surface area contributed by atoms with E-state index in [1.54, 1.807) is 34.4 Å². The Morgan fingerprint density at radius 1 is 0.472 bits per heavy atom. The van der Waals surface area contributed by atoms with Crippen LogP contribution in [0.1, 0.15) is 0 Å². The Balaban J connectivity index is 1.46. The van der Waals surface area contributed by atoms with Crippen molar-refractivity contribution in [2.24, 2.45) is 0 Å². The summed E-state index contributed by atoms with van der Waals surface area (Å²) in [4.78, 5) is 5.82. The molecule has 36 heavy (non-hydrogen) atoms. The van der Waals surface area contributed by atoms with Crippen LogP contribution in [0.2, 0.25) is 0 Å². The van der Waals surface area contributed by atoms with Crippen LogP contribution in [0.5, 0.6) is 0 Å². The molecule has 0 spiro atoms. The number of anilines is 2. The number of hydrogen-bond donors (Lipinski definition) is 0. The zero-order valence-electron chi connectivity index (χ0n) is 19.1. The molecule has 0 saturated heterocycles. The third-order valence-corrected chi connectivity index (χ3v) is 7.12. The van der Waals surface area contributed by atoms with Gasteiger partial charge in [-0.25, -0.2) is 0 Å². The van der Waals surface area contributed by atoms with Gasteiger partial charge in [0.2, 0.25) is 0 Å². The van der Waals surface area contributed by atoms with Crippen LogP contribution in [0, 0.1) is 0 Å². The second-order valence-electron chi connectivity index (χ2n) is 8.99. The standard InChI is InChI=1S/C28H18BN7/c1-3-7-27-23(5-1)21-11-9-19(35-30-13-14-31-35)17-25(21)29-26-18-20(36-32-15-16-33-36)10-12-22(26)24-6-2-4-8-28(24)34(27)29/h1-18H. The molecular formula is C28H18BN7. The molecule has 8 rings (SSSR count). The summed E-state index contributed by atoms with van der Waals surface area (Å²) in [5, 5.41) is 17.5. The topological polar surface area (TPSA) is 64.7 Å². The summed E-state index contributed by atoms with van der Waals surface area (Å²) in [5.41, 5.74) is 11.5. The van der Waals surface area contributed by atoms with E-state index in [9.17, 15) is 0 Å². The number of para-hydroxylation sites is 2. The first-order valence-electron chi connectivity index (χ1n) is 11.9. The lowest BCUT2D eigenvalue weighted by molar-refractivity contribution is 0.752. The molecule has 0 radical (unpaired) electrons. The van der Waals surface area contributed by atoms with Gasteiger partial charge in [0.1, 0.15) is 0 Å². The number of nitrogens with zero attached hydrogens (tertiary/aromatic N) is 7. The van der Waals surface area contributed by atoms with Crippen LogP contribution < -0.4 is 15.7 Å². The van der Waals surface area contributed by atoms with E-state index in [0.29, 0.717) is 0 Å². The first-order chi connectivity index (χ1) is 17.9. The number of benzene rings is 4. The minimum Gasteiger partial charge on any atom is -0.376 e. The lowest BCUT2D eigenvalue weighted by atomic mass is 9.43. The molecule has 0 bridgehead atoms. The predicted molar refractivity (Wildman–Crippen MR) is 141 cm³/mol. The fourth-order valence-corrected chi connectivity index (χ4v) is 5.67. The number of aromatic nitrogens is 6. The molecule has 6 aromatic rings. The third kappa shape index (κ3) is 2.63. The van der Waals surface area contributed by atoms with Gasteiger partial charge < -0.3 is 4.81 Å². The summed E-state index contributed by atoms with van der Waals surface area (Å²) >= 11 is 0. The summed E-state index contributed by atoms with van der Waals surface area (Å²) in [6, 6.07) is 30.3. The highest BCUT2D eigenvalue weighted by Gasteiger charge is 2.42. The van der Waals surface area contributed by atoms with Gasteiger partial charge >= 0.3 is 6.85 Å². The number of rotatable bonds is 2. The SMILES string of the molecule is c1ccc2c(c1)-c1ccc(-n3nccn3)cc1B1c3cc(-n4nccn4)ccc3-c3ccccc3N12. The molecule has 0 aliphatic carbocycles. The highest BCUT2D eigenvalue weighted by Crippen LogP contribution is 2.45. The largest absolute Gasteiger partial charge is 0.376 e. The van der Waals surface area contributed by atoms with Crippen molar-refractivity contribution in [1.29, 1.82) is 0 Å². The molecule has 4 heterocycles. The Kier molecular flexibility index (Phi) is 3.90. The molecule has 0 N–H and O–H groups in total. The van der Waals surface area contributed by atoms with Crippen molar-refractivity contribution in [2.75, 3.05) is 4.81 Å². The summed E-state index contributed by atoms with van der Waals surface area (Å²) in [7, 11) is 0. The van der Waals surface area contributed by atoms with Gasteiger partial charge in [0.25, 0.3) is 0 Å². The monoisotopic (exact) mass is 463 g/mol. The zero-order chi connectivity index (χ0) is 23.6. The van der Waals surface area contributed by atoms with E-state index in [1.165, 1.54) is 44.6 Å². The Bertz CT molecular complexity index is 1630. The van der Waals surface area contributed by atoms with Crippen molar-refractivity contribution >= 4 is 29.1 Å². The third-order valence-electron chi connectivity index (χ3n) is 7.12. The Morgan fingerprint density at radius 3 is 1.39 bits per heavy atom. The molecule has 0 fully saturated rings. The molecule has 8 heteroatoms. The highest BCUT2D eigenvalue weighted by molar-refractivity contribution is 6.92. The van der Waals surface area contributed by atoms with Gasteiger partial charge in [0, 0.05) is 22.5 Å². The van der Waals surface area contributed by atoms with Crippen LogP contribution in [-0.4, -0.2) is 36.8 Å². The number of fused-ring (bicyclic) bond motifs is 11. The lowest BCUT2D eigenvalue weighted by Crippen LogP contribution is -2.59. The summed E-state index contributed by atoms with van der Waals surface area (Å²) < 4.78 is 0. The van der Waals surface area contributed by atoms with E-state index in [4.69, 9.17) is 0 Å². The average Bonchev–Trinajstić information content (AvgIpc) is 3.67. The smallest absolute Gasteiger partial charge is 0.329 e. The van der Waals surface area contributed by atoms with E-state index in [0.717, 1.165) is 11.4 Å². The normalized spacial score (nSPS) is 12.9. The van der Waals surface area contributed by atoms with E-state index in [-0.39, 0.29) is 6.85 Å². The van der Waals surface area contributed by atoms with Gasteiger partial charge in [-0.15, -0.1) is 0 Å². The van der Waals surface area contributed by atoms with E-state index in [1.807, 2.05) is 0 Å². The van der Waals surface area contributed by atoms with Crippen LogP contribution in [0.25, 0.3) is 33.6 Å². The van der Waals surface area contributed by atoms with Crippen molar-refractivity contribution in [2.45, 2.75) is 0 Å². The molecular weight excluding hydrogens is 445 g/mol. The maximum Gasteiger partial charge on any atom is 0.329 e. The molecule has 2 aliphatic rings. The molecule has 0 amide bonds. The first kappa shape index (κ1) is 19.3. The second-order valence-corrected chi connectivity index (χ2v) is 8.99. The highest BCUT2D eigenvalue weighted by atomic mass is 15.5. The first-order valence-corrected chi connectivity index (χ1v) is 11.9. The van der Waals surface area contributed by atoms with E-state index < -0.39 is 0 Å². The van der Waals surface area contributed by atoms with Gasteiger partial charge in [-0.3, -0.25) is 0 Å². The van der Waals surface area contributed by atoms with Crippen LogP contribution in [-0.2, 0) is 0 Å². The maximum atomic E-state index is 4.38. The molecule has 4 aromatic carbocycles. The van der Waals surface area contributed by atoms with E-state index in [2.05, 4.69) is 110 Å². The summed E-state index contributed by atoms with van der Waals surface area (Å²) in [6.07, 6.45) is 6.82. The fraction of sp³-hybridized carbons (Fsp3) is 0. The fourth-order valence-electron chi connectivity index (χ4n) is 5.67. The van der Waals surface area contributed by atoms with Crippen LogP contribution in [0.3, 0.4) is 0 Å². The van der Waals surface area contributed by atoms with Crippen LogP contribution in [0.4, 0.5) is 11.4 Å². The van der Waals surface area contributed by atoms with Gasteiger partial charge in [-0.1, -0.05) is 48.5 Å². The minimum atomic E-state index is -0.0363. The second kappa shape index (κ2) is 7.26. The van der Waals surface area contributed by atoms with E-state index >= 15 is 0 Å². The average molecular weight is 463 g/mol. The molecule has 0 atom stereocenters. The van der Waals surface area contributed by atoms with Crippen LogP contribution >= 0.6 is 0 Å². The molecule has 168 valence electrons. The van der Waals surface area contributed by atoms with Gasteiger partial charge in [0.05, 0.1) is 36.2 Å². The van der Waals surface area contributed by atoms with Crippen LogP contribution in [0.15, 0.2) is 110 Å². The molecule has 7 nitrogen and oxygen atoms in total. The van der Waals surface area contributed by atoms with Crippen molar-refractivity contribution in [1.82, 2.24) is 30.0 Å². The Hall–Kier alpha value is -4.98. The minimum absolute atomic E-state index is 0.0363. The van der Waals surface area contributed by atoms with Gasteiger partial charge in [-0.2, -0.15) is 30.0 Å². The van der Waals surface area contributed by atoms with Crippen molar-refractivity contribution in [3.05, 3.63) is 110 Å². The molecule has 0 unspecified atom stereocenters.